The molecule has 2 amide bonds. The van der Waals surface area contributed by atoms with Gasteiger partial charge in [0.15, 0.2) is 11.5 Å². The molecule has 2 aromatic rings. The largest absolute Gasteiger partial charge is 0.490 e. The fraction of sp³-hybridized carbons (Fsp3) is 0.190. The predicted molar refractivity (Wildman–Crippen MR) is 114 cm³/mol. The zero-order valence-electron chi connectivity index (χ0n) is 16.0. The van der Waals surface area contributed by atoms with E-state index in [-0.39, 0.29) is 6.42 Å². The summed E-state index contributed by atoms with van der Waals surface area (Å²) < 4.78 is 11.1. The van der Waals surface area contributed by atoms with Crippen molar-refractivity contribution in [3.8, 4) is 11.5 Å². The van der Waals surface area contributed by atoms with Crippen molar-refractivity contribution in [2.45, 2.75) is 13.3 Å². The summed E-state index contributed by atoms with van der Waals surface area (Å²) in [5.41, 5.74) is 3.53. The standard InChI is InChI=1S/C21H22ClN3O4/c1-3-10-29-18-9-8-15(11-19(18)28-4-2)14-23-25-21(27)13-20(26)24-17-7-5-6-16(22)12-17/h3,5-9,11-12,14H,1,4,10,13H2,2H3,(H,24,26)(H,25,27). The van der Waals surface area contributed by atoms with Crippen molar-refractivity contribution < 1.29 is 19.1 Å². The van der Waals surface area contributed by atoms with Gasteiger partial charge in [0.25, 0.3) is 0 Å². The Labute approximate surface area is 174 Å². The predicted octanol–water partition coefficient (Wildman–Crippen LogP) is 3.78. The lowest BCUT2D eigenvalue weighted by molar-refractivity contribution is -0.126. The quantitative estimate of drug-likeness (QED) is 0.267. The number of rotatable bonds is 10. The van der Waals surface area contributed by atoms with Crippen molar-refractivity contribution in [3.05, 3.63) is 65.7 Å². The first-order valence-corrected chi connectivity index (χ1v) is 9.27. The number of nitrogens with one attached hydrogen (secondary N) is 2. The van der Waals surface area contributed by atoms with E-state index in [1.807, 2.05) is 6.92 Å². The second-order valence-electron chi connectivity index (χ2n) is 5.77. The molecule has 152 valence electrons. The van der Waals surface area contributed by atoms with Crippen molar-refractivity contribution in [2.24, 2.45) is 5.10 Å². The molecule has 29 heavy (non-hydrogen) atoms. The first-order valence-electron chi connectivity index (χ1n) is 8.89. The lowest BCUT2D eigenvalue weighted by Gasteiger charge is -2.11. The Hall–Kier alpha value is -3.32. The molecule has 2 aromatic carbocycles. The number of carbonyl (C=O) groups excluding carboxylic acids is 2. The fourth-order valence-electron chi connectivity index (χ4n) is 2.28. The zero-order chi connectivity index (χ0) is 21.1. The van der Waals surface area contributed by atoms with Gasteiger partial charge < -0.3 is 14.8 Å². The van der Waals surface area contributed by atoms with Crippen LogP contribution in [0, 0.1) is 0 Å². The van der Waals surface area contributed by atoms with Gasteiger partial charge in [0.05, 0.1) is 12.8 Å². The number of hydrazone groups is 1. The molecule has 0 atom stereocenters. The number of hydrogen-bond acceptors (Lipinski definition) is 5. The van der Waals surface area contributed by atoms with Crippen LogP contribution in [0.5, 0.6) is 11.5 Å². The third-order valence-electron chi connectivity index (χ3n) is 3.46. The van der Waals surface area contributed by atoms with Crippen LogP contribution in [0.4, 0.5) is 5.69 Å². The molecule has 0 saturated heterocycles. The van der Waals surface area contributed by atoms with E-state index >= 15 is 0 Å². The number of hydrogen-bond donors (Lipinski definition) is 2. The maximum Gasteiger partial charge on any atom is 0.249 e. The molecule has 8 heteroatoms. The molecule has 2 N–H and O–H groups in total. The van der Waals surface area contributed by atoms with Crippen molar-refractivity contribution in [1.29, 1.82) is 0 Å². The third kappa shape index (κ3) is 7.67. The van der Waals surface area contributed by atoms with Gasteiger partial charge in [-0.1, -0.05) is 30.3 Å². The first kappa shape index (κ1) is 22.0. The topological polar surface area (TPSA) is 89.0 Å². The highest BCUT2D eigenvalue weighted by molar-refractivity contribution is 6.30. The van der Waals surface area contributed by atoms with E-state index in [4.69, 9.17) is 21.1 Å². The summed E-state index contributed by atoms with van der Waals surface area (Å²) in [4.78, 5) is 23.8. The summed E-state index contributed by atoms with van der Waals surface area (Å²) in [6.07, 6.45) is 2.72. The molecule has 0 unspecified atom stereocenters. The van der Waals surface area contributed by atoms with E-state index in [2.05, 4.69) is 22.4 Å². The van der Waals surface area contributed by atoms with Crippen molar-refractivity contribution in [1.82, 2.24) is 5.43 Å². The third-order valence-corrected chi connectivity index (χ3v) is 3.69. The summed E-state index contributed by atoms with van der Waals surface area (Å²) in [6, 6.07) is 11.9. The van der Waals surface area contributed by atoms with Gasteiger partial charge in [-0.3, -0.25) is 9.59 Å². The number of carbonyl (C=O) groups is 2. The molecule has 0 heterocycles. The molecule has 0 radical (unpaired) electrons. The molecule has 0 fully saturated rings. The van der Waals surface area contributed by atoms with Crippen LogP contribution in [0.25, 0.3) is 0 Å². The lowest BCUT2D eigenvalue weighted by Crippen LogP contribution is -2.24. The van der Waals surface area contributed by atoms with Gasteiger partial charge in [-0.25, -0.2) is 5.43 Å². The number of ether oxygens (including phenoxy) is 2. The minimum atomic E-state index is -0.545. The Kier molecular flexibility index (Phi) is 8.72. The zero-order valence-corrected chi connectivity index (χ0v) is 16.7. The average Bonchev–Trinajstić information content (AvgIpc) is 2.67. The number of amides is 2. The summed E-state index contributed by atoms with van der Waals surface area (Å²) in [7, 11) is 0. The molecule has 2 rings (SSSR count). The number of halogens is 1. The van der Waals surface area contributed by atoms with Crippen LogP contribution in [0.15, 0.2) is 60.2 Å². The van der Waals surface area contributed by atoms with Crippen LogP contribution < -0.4 is 20.2 Å². The van der Waals surface area contributed by atoms with E-state index in [0.717, 1.165) is 0 Å². The van der Waals surface area contributed by atoms with Crippen LogP contribution in [0.1, 0.15) is 18.9 Å². The highest BCUT2D eigenvalue weighted by Gasteiger charge is 2.09. The average molecular weight is 416 g/mol. The Bertz CT molecular complexity index is 899. The lowest BCUT2D eigenvalue weighted by atomic mass is 10.2. The molecule has 7 nitrogen and oxygen atoms in total. The minimum absolute atomic E-state index is 0.362. The maximum absolute atomic E-state index is 11.9. The highest BCUT2D eigenvalue weighted by Crippen LogP contribution is 2.28. The smallest absolute Gasteiger partial charge is 0.249 e. The van der Waals surface area contributed by atoms with Crippen molar-refractivity contribution in [2.75, 3.05) is 18.5 Å². The molecular weight excluding hydrogens is 394 g/mol. The van der Waals surface area contributed by atoms with Crippen LogP contribution in [-0.4, -0.2) is 31.2 Å². The number of benzene rings is 2. The first-order chi connectivity index (χ1) is 14.0. The Morgan fingerprint density at radius 1 is 1.14 bits per heavy atom. The van der Waals surface area contributed by atoms with Crippen LogP contribution in [0.2, 0.25) is 5.02 Å². The highest BCUT2D eigenvalue weighted by atomic mass is 35.5. The van der Waals surface area contributed by atoms with E-state index in [0.29, 0.717) is 41.0 Å². The van der Waals surface area contributed by atoms with Crippen molar-refractivity contribution >= 4 is 35.3 Å². The molecule has 0 bridgehead atoms. The second-order valence-corrected chi connectivity index (χ2v) is 6.20. The van der Waals surface area contributed by atoms with Gasteiger partial charge in [0.1, 0.15) is 13.0 Å². The molecule has 0 spiro atoms. The van der Waals surface area contributed by atoms with Crippen LogP contribution in [0.3, 0.4) is 0 Å². The summed E-state index contributed by atoms with van der Waals surface area (Å²) >= 11 is 5.86. The van der Waals surface area contributed by atoms with Gasteiger partial charge in [0.2, 0.25) is 11.8 Å². The molecule has 0 aliphatic rings. The molecule has 0 saturated carbocycles. The molecule has 0 aliphatic carbocycles. The Morgan fingerprint density at radius 2 is 1.97 bits per heavy atom. The normalized spacial score (nSPS) is 10.4. The summed E-state index contributed by atoms with van der Waals surface area (Å²) in [5.74, 6) is 0.134. The molecule has 0 aromatic heterocycles. The number of anilines is 1. The van der Waals surface area contributed by atoms with Gasteiger partial charge >= 0.3 is 0 Å². The monoisotopic (exact) mass is 415 g/mol. The summed E-state index contributed by atoms with van der Waals surface area (Å²) in [6.45, 7) is 6.32. The second kappa shape index (κ2) is 11.5. The minimum Gasteiger partial charge on any atom is -0.490 e. The molecular formula is C21H22ClN3O4. The molecule has 0 aliphatic heterocycles. The SMILES string of the molecule is C=CCOc1ccc(C=NNC(=O)CC(=O)Nc2cccc(Cl)c2)cc1OCC. The van der Waals surface area contributed by atoms with Gasteiger partial charge in [-0.15, -0.1) is 0 Å². The maximum atomic E-state index is 11.9. The van der Waals surface area contributed by atoms with E-state index in [1.165, 1.54) is 6.21 Å². The van der Waals surface area contributed by atoms with E-state index in [1.54, 1.807) is 48.5 Å². The van der Waals surface area contributed by atoms with Crippen LogP contribution >= 0.6 is 11.6 Å². The van der Waals surface area contributed by atoms with E-state index < -0.39 is 11.8 Å². The fourth-order valence-corrected chi connectivity index (χ4v) is 2.47. The van der Waals surface area contributed by atoms with Gasteiger partial charge in [0, 0.05) is 10.7 Å². The number of nitrogens with zero attached hydrogens (tertiary/aromatic N) is 1. The van der Waals surface area contributed by atoms with Gasteiger partial charge in [-0.05, 0) is 48.9 Å². The summed E-state index contributed by atoms with van der Waals surface area (Å²) in [5, 5.41) is 6.95. The Morgan fingerprint density at radius 3 is 2.69 bits per heavy atom. The van der Waals surface area contributed by atoms with Crippen molar-refractivity contribution in [3.63, 3.8) is 0 Å². The Balaban J connectivity index is 1.89. The van der Waals surface area contributed by atoms with E-state index in [9.17, 15) is 9.59 Å². The van der Waals surface area contributed by atoms with Gasteiger partial charge in [-0.2, -0.15) is 5.10 Å². The van der Waals surface area contributed by atoms with Crippen LogP contribution in [-0.2, 0) is 9.59 Å².